The van der Waals surface area contributed by atoms with E-state index in [9.17, 15) is 18.0 Å². The minimum absolute atomic E-state index is 0.0255. The van der Waals surface area contributed by atoms with E-state index < -0.39 is 17.6 Å². The second kappa shape index (κ2) is 11.1. The van der Waals surface area contributed by atoms with Crippen molar-refractivity contribution in [2.24, 2.45) is 0 Å². The minimum atomic E-state index is -4.66. The van der Waals surface area contributed by atoms with Crippen molar-refractivity contribution in [2.45, 2.75) is 45.5 Å². The molecule has 0 aliphatic rings. The molecule has 0 aliphatic carbocycles. The lowest BCUT2D eigenvalue weighted by Gasteiger charge is -2.14. The third-order valence-electron chi connectivity index (χ3n) is 6.68. The van der Waals surface area contributed by atoms with Crippen LogP contribution in [0.25, 0.3) is 22.5 Å². The number of alkyl halides is 3. The Labute approximate surface area is 222 Å². The molecule has 0 bridgehead atoms. The van der Waals surface area contributed by atoms with Crippen molar-refractivity contribution in [2.75, 3.05) is 0 Å². The number of nitrogens with one attached hydrogen (secondary N) is 1. The topological polar surface area (TPSA) is 81.4 Å². The first kappa shape index (κ1) is 26.1. The van der Waals surface area contributed by atoms with E-state index >= 15 is 0 Å². The molecule has 0 unspecified atom stereocenters. The molecule has 5 rings (SSSR count). The summed E-state index contributed by atoms with van der Waals surface area (Å²) in [4.78, 5) is 13.5. The average molecular weight is 533 g/mol. The van der Waals surface area contributed by atoms with Crippen LogP contribution >= 0.6 is 0 Å². The van der Waals surface area contributed by atoms with Gasteiger partial charge in [0.2, 0.25) is 0 Å². The predicted molar refractivity (Wildman–Crippen MR) is 142 cm³/mol. The summed E-state index contributed by atoms with van der Waals surface area (Å²) in [5.74, 6) is 0.529. The van der Waals surface area contributed by atoms with Crippen molar-refractivity contribution >= 4 is 0 Å². The minimum Gasteiger partial charge on any atom is -0.291 e. The molecule has 0 fully saturated rings. The van der Waals surface area contributed by atoms with Crippen LogP contribution in [0.3, 0.4) is 0 Å². The molecule has 7 nitrogen and oxygen atoms in total. The molecule has 3 aromatic carbocycles. The molecule has 0 aliphatic heterocycles. The number of benzene rings is 3. The Bertz CT molecular complexity index is 1590. The fraction of sp³-hybridized carbons (Fsp3) is 0.241. The van der Waals surface area contributed by atoms with Crippen LogP contribution in [0.15, 0.2) is 83.7 Å². The zero-order valence-electron chi connectivity index (χ0n) is 21.3. The number of hydrogen-bond acceptors (Lipinski definition) is 4. The van der Waals surface area contributed by atoms with Gasteiger partial charge in [0, 0.05) is 5.56 Å². The number of aromatic nitrogens is 6. The monoisotopic (exact) mass is 532 g/mol. The van der Waals surface area contributed by atoms with Crippen LogP contribution in [-0.2, 0) is 25.7 Å². The number of aromatic amines is 1. The molecule has 0 saturated carbocycles. The number of H-pyrrole nitrogens is 1. The first-order valence-electron chi connectivity index (χ1n) is 12.7. The third kappa shape index (κ3) is 5.55. The van der Waals surface area contributed by atoms with Gasteiger partial charge in [-0.15, -0.1) is 5.10 Å². The molecular formula is C29H27F3N6O. The van der Waals surface area contributed by atoms with Gasteiger partial charge in [-0.1, -0.05) is 92.2 Å². The lowest BCUT2D eigenvalue weighted by Crippen LogP contribution is -2.27. The van der Waals surface area contributed by atoms with E-state index in [0.29, 0.717) is 24.2 Å². The van der Waals surface area contributed by atoms with E-state index in [2.05, 4.69) is 20.6 Å². The quantitative estimate of drug-likeness (QED) is 0.254. The van der Waals surface area contributed by atoms with Gasteiger partial charge in [0.05, 0.1) is 18.8 Å². The fourth-order valence-electron chi connectivity index (χ4n) is 4.82. The van der Waals surface area contributed by atoms with Gasteiger partial charge in [-0.2, -0.15) is 13.2 Å². The van der Waals surface area contributed by atoms with E-state index in [1.165, 1.54) is 4.57 Å². The van der Waals surface area contributed by atoms with E-state index in [-0.39, 0.29) is 25.2 Å². The van der Waals surface area contributed by atoms with Gasteiger partial charge in [-0.05, 0) is 45.5 Å². The molecule has 0 amide bonds. The summed E-state index contributed by atoms with van der Waals surface area (Å²) in [6.07, 6.45) is -3.24. The van der Waals surface area contributed by atoms with Gasteiger partial charge in [0.25, 0.3) is 0 Å². The fourth-order valence-corrected chi connectivity index (χ4v) is 4.82. The summed E-state index contributed by atoms with van der Waals surface area (Å²) in [7, 11) is 0. The van der Waals surface area contributed by atoms with Crippen LogP contribution in [0.1, 0.15) is 42.3 Å². The summed E-state index contributed by atoms with van der Waals surface area (Å²) in [6.45, 7) is 1.81. The summed E-state index contributed by atoms with van der Waals surface area (Å²) < 4.78 is 45.3. The number of tetrazole rings is 1. The van der Waals surface area contributed by atoms with Crippen LogP contribution in [0.4, 0.5) is 13.2 Å². The largest absolute Gasteiger partial charge is 0.433 e. The number of hydrogen-bond donors (Lipinski definition) is 1. The van der Waals surface area contributed by atoms with E-state index in [4.69, 9.17) is 0 Å². The van der Waals surface area contributed by atoms with E-state index in [1.807, 2.05) is 55.5 Å². The highest BCUT2D eigenvalue weighted by molar-refractivity contribution is 5.80. The van der Waals surface area contributed by atoms with Crippen LogP contribution in [0.5, 0.6) is 0 Å². The molecule has 2 aromatic heterocycles. The Hall–Kier alpha value is -4.47. The predicted octanol–water partition coefficient (Wildman–Crippen LogP) is 5.95. The Balaban J connectivity index is 1.53. The van der Waals surface area contributed by atoms with Gasteiger partial charge in [0.1, 0.15) is 5.69 Å². The van der Waals surface area contributed by atoms with Gasteiger partial charge in [0.15, 0.2) is 5.82 Å². The average Bonchev–Trinajstić information content (AvgIpc) is 3.56. The van der Waals surface area contributed by atoms with Crippen LogP contribution < -0.4 is 5.69 Å². The van der Waals surface area contributed by atoms with Gasteiger partial charge >= 0.3 is 11.9 Å². The third-order valence-corrected chi connectivity index (χ3v) is 6.68. The van der Waals surface area contributed by atoms with Crippen molar-refractivity contribution < 1.29 is 13.2 Å². The maximum Gasteiger partial charge on any atom is 0.433 e. The highest BCUT2D eigenvalue weighted by Crippen LogP contribution is 2.34. The Morgan fingerprint density at radius 1 is 0.821 bits per heavy atom. The van der Waals surface area contributed by atoms with Gasteiger partial charge in [-0.3, -0.25) is 9.13 Å². The number of nitrogens with zero attached hydrogens (tertiary/aromatic N) is 5. The molecule has 39 heavy (non-hydrogen) atoms. The molecular weight excluding hydrogens is 505 g/mol. The van der Waals surface area contributed by atoms with Crippen molar-refractivity contribution in [1.29, 1.82) is 0 Å². The first-order valence-corrected chi connectivity index (χ1v) is 12.7. The maximum atomic E-state index is 14.4. The molecule has 5 aromatic rings. The second-order valence-corrected chi connectivity index (χ2v) is 9.33. The van der Waals surface area contributed by atoms with Gasteiger partial charge < -0.3 is 0 Å². The summed E-state index contributed by atoms with van der Waals surface area (Å²) >= 11 is 0. The number of halogens is 3. The SMILES string of the molecule is CCCCc1c(C(F)(F)F)n(Cc2ccccc2)c(=O)n1Cc1ccc(-c2ccccc2-c2nnn[nH]2)cc1. The first-order chi connectivity index (χ1) is 18.9. The van der Waals surface area contributed by atoms with Crippen LogP contribution in [0, 0.1) is 0 Å². The van der Waals surface area contributed by atoms with Crippen LogP contribution in [0.2, 0.25) is 0 Å². The molecule has 10 heteroatoms. The van der Waals surface area contributed by atoms with Crippen LogP contribution in [-0.4, -0.2) is 29.8 Å². The van der Waals surface area contributed by atoms with Crippen molar-refractivity contribution in [1.82, 2.24) is 29.8 Å². The second-order valence-electron chi connectivity index (χ2n) is 9.33. The molecule has 1 N–H and O–H groups in total. The number of imidazole rings is 1. The molecule has 0 atom stereocenters. The molecule has 0 radical (unpaired) electrons. The maximum absolute atomic E-state index is 14.4. The smallest absolute Gasteiger partial charge is 0.291 e. The normalized spacial score (nSPS) is 11.7. The van der Waals surface area contributed by atoms with Crippen molar-refractivity contribution in [3.05, 3.63) is 112 Å². The summed E-state index contributed by atoms with van der Waals surface area (Å²) in [5, 5.41) is 14.1. The molecule has 0 spiro atoms. The number of rotatable bonds is 9. The zero-order chi connectivity index (χ0) is 27.4. The summed E-state index contributed by atoms with van der Waals surface area (Å²) in [5.41, 5.74) is 2.47. The molecule has 2 heterocycles. The number of unbranched alkanes of at least 4 members (excludes halogenated alkanes) is 1. The van der Waals surface area contributed by atoms with E-state index in [0.717, 1.165) is 26.8 Å². The Morgan fingerprint density at radius 2 is 1.46 bits per heavy atom. The summed E-state index contributed by atoms with van der Waals surface area (Å²) in [6, 6.07) is 23.8. The molecule has 0 saturated heterocycles. The standard InChI is InChI=1S/C29H27F3N6O/c1-2-3-13-25-26(29(30,31)32)38(19-20-9-5-4-6-10-20)28(39)37(25)18-21-14-16-22(17-15-21)23-11-7-8-12-24(23)27-33-35-36-34-27/h4-12,14-17H,2-3,13,18-19H2,1H3,(H,33,34,35,36). The van der Waals surface area contributed by atoms with Gasteiger partial charge in [-0.25, -0.2) is 9.89 Å². The lowest BCUT2D eigenvalue weighted by molar-refractivity contribution is -0.144. The van der Waals surface area contributed by atoms with E-state index in [1.54, 1.807) is 30.3 Å². The lowest BCUT2D eigenvalue weighted by atomic mass is 9.98. The highest BCUT2D eigenvalue weighted by atomic mass is 19.4. The Morgan fingerprint density at radius 3 is 2.10 bits per heavy atom. The molecule has 200 valence electrons. The van der Waals surface area contributed by atoms with Crippen molar-refractivity contribution in [3.8, 4) is 22.5 Å². The highest BCUT2D eigenvalue weighted by Gasteiger charge is 2.40. The Kier molecular flexibility index (Phi) is 7.44. The van der Waals surface area contributed by atoms with Crippen molar-refractivity contribution in [3.63, 3.8) is 0 Å². The zero-order valence-corrected chi connectivity index (χ0v) is 21.3.